The molecule has 0 N–H and O–H groups in total. The molecule has 1 aromatic rings. The molecule has 2 rings (SSSR count). The monoisotopic (exact) mass is 221 g/mol. The predicted octanol–water partition coefficient (Wildman–Crippen LogP) is 2.31. The van der Waals surface area contributed by atoms with Gasteiger partial charge >= 0.3 is 0 Å². The van der Waals surface area contributed by atoms with Gasteiger partial charge in [0.15, 0.2) is 0 Å². The predicted molar refractivity (Wildman–Crippen MR) is 66.4 cm³/mol. The number of aromatic nitrogens is 2. The molecule has 3 heteroatoms. The van der Waals surface area contributed by atoms with E-state index in [1.807, 2.05) is 6.20 Å². The number of hydrogen-bond donors (Lipinski definition) is 0. The van der Waals surface area contributed by atoms with Gasteiger partial charge in [-0.15, -0.1) is 0 Å². The molecule has 1 aromatic heterocycles. The van der Waals surface area contributed by atoms with Crippen LogP contribution < -0.4 is 0 Å². The van der Waals surface area contributed by atoms with Crippen molar-refractivity contribution in [3.63, 3.8) is 0 Å². The van der Waals surface area contributed by atoms with E-state index in [1.54, 1.807) is 0 Å². The van der Waals surface area contributed by atoms with Crippen molar-refractivity contribution in [1.82, 2.24) is 14.5 Å². The molecule has 0 radical (unpaired) electrons. The summed E-state index contributed by atoms with van der Waals surface area (Å²) in [6, 6.07) is 0.687. The van der Waals surface area contributed by atoms with E-state index in [4.69, 9.17) is 0 Å². The van der Waals surface area contributed by atoms with Crippen LogP contribution in [-0.2, 0) is 6.54 Å². The third-order valence-corrected chi connectivity index (χ3v) is 3.66. The van der Waals surface area contributed by atoms with Crippen molar-refractivity contribution in [3.8, 4) is 0 Å². The Labute approximate surface area is 98.5 Å². The second-order valence-electron chi connectivity index (χ2n) is 5.22. The topological polar surface area (TPSA) is 21.1 Å². The van der Waals surface area contributed by atoms with Gasteiger partial charge in [-0.1, -0.05) is 0 Å². The number of piperidine rings is 1. The normalized spacial score (nSPS) is 22.9. The lowest BCUT2D eigenvalue weighted by atomic mass is 9.97. The Morgan fingerprint density at radius 3 is 2.94 bits per heavy atom. The first kappa shape index (κ1) is 11.6. The van der Waals surface area contributed by atoms with Crippen molar-refractivity contribution >= 4 is 0 Å². The lowest BCUT2D eigenvalue weighted by Crippen LogP contribution is -2.41. The Morgan fingerprint density at radius 2 is 2.31 bits per heavy atom. The zero-order chi connectivity index (χ0) is 11.5. The van der Waals surface area contributed by atoms with Crippen LogP contribution in [0.2, 0.25) is 0 Å². The molecule has 0 spiro atoms. The lowest BCUT2D eigenvalue weighted by molar-refractivity contribution is 0.130. The highest BCUT2D eigenvalue weighted by Gasteiger charge is 2.21. The summed E-state index contributed by atoms with van der Waals surface area (Å²) < 4.78 is 2.29. The minimum absolute atomic E-state index is 0.687. The van der Waals surface area contributed by atoms with Crippen LogP contribution in [0.1, 0.15) is 32.5 Å². The maximum Gasteiger partial charge on any atom is 0.105 e. The fourth-order valence-corrected chi connectivity index (χ4v) is 2.59. The smallest absolute Gasteiger partial charge is 0.105 e. The van der Waals surface area contributed by atoms with Gasteiger partial charge in [0, 0.05) is 31.5 Å². The minimum Gasteiger partial charge on any atom is -0.335 e. The molecule has 1 aliphatic heterocycles. The zero-order valence-electron chi connectivity index (χ0n) is 10.7. The van der Waals surface area contributed by atoms with Crippen molar-refractivity contribution in [1.29, 1.82) is 0 Å². The Morgan fingerprint density at radius 1 is 1.50 bits per heavy atom. The van der Waals surface area contributed by atoms with Crippen LogP contribution in [0, 0.1) is 12.8 Å². The molecule has 90 valence electrons. The van der Waals surface area contributed by atoms with Crippen molar-refractivity contribution in [2.24, 2.45) is 5.92 Å². The molecular weight excluding hydrogens is 198 g/mol. The summed E-state index contributed by atoms with van der Waals surface area (Å²) in [5.41, 5.74) is 0. The van der Waals surface area contributed by atoms with Crippen LogP contribution in [0.4, 0.5) is 0 Å². The summed E-state index contributed by atoms with van der Waals surface area (Å²) in [7, 11) is 0. The fraction of sp³-hybridized carbons (Fsp3) is 0.769. The fourth-order valence-electron chi connectivity index (χ4n) is 2.59. The first-order valence-corrected chi connectivity index (χ1v) is 6.38. The van der Waals surface area contributed by atoms with Crippen molar-refractivity contribution < 1.29 is 0 Å². The molecule has 0 amide bonds. The summed E-state index contributed by atoms with van der Waals surface area (Å²) in [5, 5.41) is 0. The summed E-state index contributed by atoms with van der Waals surface area (Å²) in [4.78, 5) is 6.88. The van der Waals surface area contributed by atoms with E-state index >= 15 is 0 Å². The molecule has 16 heavy (non-hydrogen) atoms. The van der Waals surface area contributed by atoms with E-state index in [1.165, 1.54) is 25.9 Å². The van der Waals surface area contributed by atoms with E-state index in [-0.39, 0.29) is 0 Å². The average Bonchev–Trinajstić information content (AvgIpc) is 2.65. The van der Waals surface area contributed by atoms with E-state index < -0.39 is 0 Å². The first-order valence-electron chi connectivity index (χ1n) is 6.38. The second kappa shape index (κ2) is 5.00. The Hall–Kier alpha value is -0.830. The number of rotatable bonds is 3. The van der Waals surface area contributed by atoms with E-state index in [2.05, 4.69) is 41.4 Å². The first-order chi connectivity index (χ1) is 7.66. The Kier molecular flexibility index (Phi) is 3.64. The highest BCUT2D eigenvalue weighted by atomic mass is 15.2. The Bertz CT molecular complexity index is 330. The van der Waals surface area contributed by atoms with Crippen LogP contribution in [0.15, 0.2) is 12.4 Å². The maximum atomic E-state index is 4.29. The van der Waals surface area contributed by atoms with Crippen molar-refractivity contribution in [2.45, 2.75) is 46.2 Å². The largest absolute Gasteiger partial charge is 0.335 e. The zero-order valence-corrected chi connectivity index (χ0v) is 10.7. The average molecular weight is 221 g/mol. The quantitative estimate of drug-likeness (QED) is 0.781. The van der Waals surface area contributed by atoms with Gasteiger partial charge in [0.05, 0.1) is 0 Å². The van der Waals surface area contributed by atoms with Gasteiger partial charge in [0.25, 0.3) is 0 Å². The van der Waals surface area contributed by atoms with E-state index in [0.29, 0.717) is 6.04 Å². The van der Waals surface area contributed by atoms with Crippen LogP contribution in [0.5, 0.6) is 0 Å². The molecular formula is C13H23N3. The van der Waals surface area contributed by atoms with Gasteiger partial charge in [-0.25, -0.2) is 4.98 Å². The number of hydrogen-bond acceptors (Lipinski definition) is 2. The van der Waals surface area contributed by atoms with Gasteiger partial charge in [-0.2, -0.15) is 0 Å². The second-order valence-corrected chi connectivity index (χ2v) is 5.22. The van der Waals surface area contributed by atoms with E-state index in [0.717, 1.165) is 18.3 Å². The molecule has 2 heterocycles. The summed E-state index contributed by atoms with van der Waals surface area (Å²) in [6.07, 6.45) is 6.71. The van der Waals surface area contributed by atoms with Gasteiger partial charge in [-0.05, 0) is 46.1 Å². The minimum atomic E-state index is 0.687. The highest BCUT2D eigenvalue weighted by Crippen LogP contribution is 2.20. The summed E-state index contributed by atoms with van der Waals surface area (Å²) >= 11 is 0. The number of aryl methyl sites for hydroxylation is 1. The van der Waals surface area contributed by atoms with Crippen LogP contribution in [0.3, 0.4) is 0 Å². The third-order valence-electron chi connectivity index (χ3n) is 3.66. The molecule has 0 saturated carbocycles. The number of nitrogens with zero attached hydrogens (tertiary/aromatic N) is 3. The molecule has 1 saturated heterocycles. The lowest BCUT2D eigenvalue weighted by Gasteiger charge is -2.35. The van der Waals surface area contributed by atoms with Crippen LogP contribution in [0.25, 0.3) is 0 Å². The molecule has 0 aliphatic carbocycles. The van der Waals surface area contributed by atoms with Gasteiger partial charge < -0.3 is 9.47 Å². The van der Waals surface area contributed by atoms with Gasteiger partial charge in [0.2, 0.25) is 0 Å². The van der Waals surface area contributed by atoms with Crippen LogP contribution >= 0.6 is 0 Å². The molecule has 1 fully saturated rings. The van der Waals surface area contributed by atoms with Crippen molar-refractivity contribution in [3.05, 3.63) is 18.2 Å². The highest BCUT2D eigenvalue weighted by molar-refractivity contribution is 4.89. The third kappa shape index (κ3) is 2.64. The van der Waals surface area contributed by atoms with Crippen molar-refractivity contribution in [2.75, 3.05) is 13.1 Å². The number of likely N-dealkylation sites (tertiary alicyclic amines) is 1. The summed E-state index contributed by atoms with van der Waals surface area (Å²) in [6.45, 7) is 10.3. The van der Waals surface area contributed by atoms with Gasteiger partial charge in [-0.3, -0.25) is 0 Å². The maximum absolute atomic E-state index is 4.29. The van der Waals surface area contributed by atoms with Crippen LogP contribution in [-0.4, -0.2) is 33.6 Å². The molecule has 1 atom stereocenters. The molecule has 0 aromatic carbocycles. The van der Waals surface area contributed by atoms with E-state index in [9.17, 15) is 0 Å². The molecule has 3 nitrogen and oxygen atoms in total. The molecule has 1 unspecified atom stereocenters. The SMILES string of the molecule is Cc1nccn1CC1CCCN(C(C)C)C1. The molecule has 1 aliphatic rings. The standard InChI is InChI=1S/C13H23N3/c1-11(2)15-7-4-5-13(9-15)10-16-8-6-14-12(16)3/h6,8,11,13H,4-5,7,9-10H2,1-3H3. The molecule has 0 bridgehead atoms. The summed E-state index contributed by atoms with van der Waals surface area (Å²) in [5.74, 6) is 1.94. The number of imidazole rings is 1. The Balaban J connectivity index is 1.93. The van der Waals surface area contributed by atoms with Gasteiger partial charge in [0.1, 0.15) is 5.82 Å².